The van der Waals surface area contributed by atoms with Crippen LogP contribution in [0.15, 0.2) is 54.6 Å². The highest BCUT2D eigenvalue weighted by Gasteiger charge is 2.39. The van der Waals surface area contributed by atoms with Crippen LogP contribution in [0.1, 0.15) is 17.9 Å². The molecule has 2 aromatic rings. The molecule has 0 aliphatic heterocycles. The molecule has 3 nitrogen and oxygen atoms in total. The van der Waals surface area contributed by atoms with Gasteiger partial charge < -0.3 is 10.4 Å². The second-order valence-electron chi connectivity index (χ2n) is 4.89. The van der Waals surface area contributed by atoms with Crippen molar-refractivity contribution >= 4 is 6.09 Å². The molecule has 0 heterocycles. The number of carboxylic acid groups (broad SMARTS) is 1. The Kier molecular flexibility index (Phi) is 2.95. The number of hydrogen-bond acceptors (Lipinski definition) is 1. The van der Waals surface area contributed by atoms with Gasteiger partial charge in [0.25, 0.3) is 0 Å². The maximum Gasteiger partial charge on any atom is 0.404 e. The van der Waals surface area contributed by atoms with Crippen LogP contribution in [0.25, 0.3) is 11.1 Å². The van der Waals surface area contributed by atoms with E-state index in [9.17, 15) is 4.79 Å². The van der Waals surface area contributed by atoms with Gasteiger partial charge in [0.2, 0.25) is 0 Å². The lowest BCUT2D eigenvalue weighted by atomic mass is 10.0. The number of nitrogens with one attached hydrogen (secondary N) is 1. The van der Waals surface area contributed by atoms with E-state index in [1.807, 2.05) is 18.2 Å². The van der Waals surface area contributed by atoms with E-state index >= 15 is 0 Å². The van der Waals surface area contributed by atoms with Crippen molar-refractivity contribution < 1.29 is 9.90 Å². The van der Waals surface area contributed by atoms with Gasteiger partial charge >= 0.3 is 6.09 Å². The van der Waals surface area contributed by atoms with Gasteiger partial charge in [-0.05, 0) is 23.1 Å². The molecule has 3 rings (SSSR count). The molecular weight excluding hydrogens is 238 g/mol. The molecule has 0 saturated heterocycles. The Morgan fingerprint density at radius 2 is 1.63 bits per heavy atom. The molecule has 0 aromatic heterocycles. The summed E-state index contributed by atoms with van der Waals surface area (Å²) in [7, 11) is 0. The highest BCUT2D eigenvalue weighted by molar-refractivity contribution is 5.66. The lowest BCUT2D eigenvalue weighted by molar-refractivity contribution is 0.193. The Balaban J connectivity index is 1.72. The lowest BCUT2D eigenvalue weighted by Crippen LogP contribution is -2.24. The molecule has 1 aliphatic rings. The highest BCUT2D eigenvalue weighted by atomic mass is 16.4. The zero-order valence-corrected chi connectivity index (χ0v) is 10.4. The van der Waals surface area contributed by atoms with E-state index in [1.54, 1.807) is 0 Å². The van der Waals surface area contributed by atoms with Crippen LogP contribution in [0.5, 0.6) is 0 Å². The van der Waals surface area contributed by atoms with Crippen molar-refractivity contribution in [2.45, 2.75) is 18.4 Å². The van der Waals surface area contributed by atoms with E-state index in [0.717, 1.165) is 6.42 Å². The van der Waals surface area contributed by atoms with Crippen molar-refractivity contribution in [2.24, 2.45) is 0 Å². The zero-order valence-electron chi connectivity index (χ0n) is 10.4. The molecule has 2 atom stereocenters. The maximum atomic E-state index is 10.6. The largest absolute Gasteiger partial charge is 0.465 e. The number of benzene rings is 2. The molecule has 1 aliphatic carbocycles. The quantitative estimate of drug-likeness (QED) is 0.879. The Morgan fingerprint density at radius 1 is 1.00 bits per heavy atom. The van der Waals surface area contributed by atoms with E-state index in [2.05, 4.69) is 41.7 Å². The van der Waals surface area contributed by atoms with E-state index in [-0.39, 0.29) is 6.04 Å². The number of hydrogen-bond donors (Lipinski definition) is 2. The predicted molar refractivity (Wildman–Crippen MR) is 74.2 cm³/mol. The minimum Gasteiger partial charge on any atom is -0.465 e. The SMILES string of the molecule is O=C(O)NC1CC1c1ccc(-c2ccccc2)cc1. The third-order valence-corrected chi connectivity index (χ3v) is 3.55. The van der Waals surface area contributed by atoms with Crippen LogP contribution in [-0.2, 0) is 0 Å². The third-order valence-electron chi connectivity index (χ3n) is 3.55. The maximum absolute atomic E-state index is 10.6. The van der Waals surface area contributed by atoms with Crippen LogP contribution in [0.4, 0.5) is 4.79 Å². The van der Waals surface area contributed by atoms with Crippen molar-refractivity contribution in [3.63, 3.8) is 0 Å². The molecule has 1 amide bonds. The van der Waals surface area contributed by atoms with Crippen molar-refractivity contribution in [3.8, 4) is 11.1 Å². The monoisotopic (exact) mass is 253 g/mol. The van der Waals surface area contributed by atoms with Gasteiger partial charge in [0.05, 0.1) is 0 Å². The fourth-order valence-corrected chi connectivity index (χ4v) is 2.43. The van der Waals surface area contributed by atoms with Crippen LogP contribution >= 0.6 is 0 Å². The second kappa shape index (κ2) is 4.76. The van der Waals surface area contributed by atoms with Gasteiger partial charge in [-0.15, -0.1) is 0 Å². The van der Waals surface area contributed by atoms with Gasteiger partial charge in [0.1, 0.15) is 0 Å². The standard InChI is InChI=1S/C16H15NO2/c18-16(19)17-15-10-14(15)13-8-6-12(7-9-13)11-4-2-1-3-5-11/h1-9,14-15,17H,10H2,(H,18,19). The fraction of sp³-hybridized carbons (Fsp3) is 0.188. The molecule has 2 unspecified atom stereocenters. The van der Waals surface area contributed by atoms with E-state index in [4.69, 9.17) is 5.11 Å². The normalized spacial score (nSPS) is 20.8. The number of amides is 1. The first kappa shape index (κ1) is 11.8. The third kappa shape index (κ3) is 2.60. The summed E-state index contributed by atoms with van der Waals surface area (Å²) in [4.78, 5) is 10.6. The number of carbonyl (C=O) groups is 1. The molecular formula is C16H15NO2. The summed E-state index contributed by atoms with van der Waals surface area (Å²) in [6, 6.07) is 18.7. The van der Waals surface area contributed by atoms with E-state index in [0.29, 0.717) is 5.92 Å². The lowest BCUT2D eigenvalue weighted by Gasteiger charge is -2.04. The summed E-state index contributed by atoms with van der Waals surface area (Å²) >= 11 is 0. The summed E-state index contributed by atoms with van der Waals surface area (Å²) in [6.07, 6.45) is -0.0369. The van der Waals surface area contributed by atoms with Crippen molar-refractivity contribution in [1.82, 2.24) is 5.32 Å². The summed E-state index contributed by atoms with van der Waals surface area (Å²) in [5.41, 5.74) is 3.59. The molecule has 2 aromatic carbocycles. The summed E-state index contributed by atoms with van der Waals surface area (Å²) in [5, 5.41) is 11.2. The molecule has 0 bridgehead atoms. The summed E-state index contributed by atoms with van der Waals surface area (Å²) in [5.74, 6) is 0.334. The van der Waals surface area contributed by atoms with Gasteiger partial charge in [-0.25, -0.2) is 4.79 Å². The van der Waals surface area contributed by atoms with Crippen LogP contribution in [0.2, 0.25) is 0 Å². The van der Waals surface area contributed by atoms with Gasteiger partial charge in [-0.2, -0.15) is 0 Å². The van der Waals surface area contributed by atoms with Gasteiger partial charge in [0, 0.05) is 12.0 Å². The Morgan fingerprint density at radius 3 is 2.26 bits per heavy atom. The average Bonchev–Trinajstić information content (AvgIpc) is 3.18. The number of rotatable bonds is 3. The predicted octanol–water partition coefficient (Wildman–Crippen LogP) is 3.48. The Bertz CT molecular complexity index is 577. The molecule has 1 saturated carbocycles. The van der Waals surface area contributed by atoms with E-state index in [1.165, 1.54) is 16.7 Å². The summed E-state index contributed by atoms with van der Waals surface area (Å²) in [6.45, 7) is 0. The first-order valence-electron chi connectivity index (χ1n) is 6.39. The van der Waals surface area contributed by atoms with Crippen molar-refractivity contribution in [2.75, 3.05) is 0 Å². The van der Waals surface area contributed by atoms with Gasteiger partial charge in [-0.1, -0.05) is 54.6 Å². The minimum absolute atomic E-state index is 0.0834. The average molecular weight is 253 g/mol. The molecule has 1 fully saturated rings. The minimum atomic E-state index is -0.937. The smallest absolute Gasteiger partial charge is 0.404 e. The Hall–Kier alpha value is -2.29. The molecule has 96 valence electrons. The second-order valence-corrected chi connectivity index (χ2v) is 4.89. The summed E-state index contributed by atoms with van der Waals surface area (Å²) < 4.78 is 0. The zero-order chi connectivity index (χ0) is 13.2. The van der Waals surface area contributed by atoms with E-state index < -0.39 is 6.09 Å². The van der Waals surface area contributed by atoms with Crippen LogP contribution in [0, 0.1) is 0 Å². The highest BCUT2D eigenvalue weighted by Crippen LogP contribution is 2.41. The van der Waals surface area contributed by atoms with Gasteiger partial charge in [0.15, 0.2) is 0 Å². The van der Waals surface area contributed by atoms with Crippen LogP contribution in [0.3, 0.4) is 0 Å². The van der Waals surface area contributed by atoms with Crippen molar-refractivity contribution in [3.05, 3.63) is 60.2 Å². The first-order valence-corrected chi connectivity index (χ1v) is 6.39. The van der Waals surface area contributed by atoms with Gasteiger partial charge in [-0.3, -0.25) is 0 Å². The molecule has 2 N–H and O–H groups in total. The molecule has 3 heteroatoms. The van der Waals surface area contributed by atoms with Crippen molar-refractivity contribution in [1.29, 1.82) is 0 Å². The van der Waals surface area contributed by atoms with Crippen LogP contribution < -0.4 is 5.32 Å². The first-order chi connectivity index (χ1) is 9.24. The topological polar surface area (TPSA) is 49.3 Å². The molecule has 19 heavy (non-hydrogen) atoms. The fourth-order valence-electron chi connectivity index (χ4n) is 2.43. The van der Waals surface area contributed by atoms with Crippen LogP contribution in [-0.4, -0.2) is 17.2 Å². The Labute approximate surface area is 111 Å². The molecule has 0 spiro atoms. The molecule has 0 radical (unpaired) electrons.